The summed E-state index contributed by atoms with van der Waals surface area (Å²) in [6.07, 6.45) is 3.25. The van der Waals surface area contributed by atoms with E-state index in [1.165, 1.54) is 0 Å². The topological polar surface area (TPSA) is 131 Å². The van der Waals surface area contributed by atoms with Gasteiger partial charge in [0.2, 0.25) is 17.7 Å². The van der Waals surface area contributed by atoms with Gasteiger partial charge in [-0.25, -0.2) is 0 Å². The van der Waals surface area contributed by atoms with Crippen LogP contribution in [0.25, 0.3) is 0 Å². The smallest absolute Gasteiger partial charge is 0.243 e. The molecule has 0 radical (unpaired) electrons. The van der Waals surface area contributed by atoms with Crippen LogP contribution >= 0.6 is 11.6 Å². The first-order valence-corrected chi connectivity index (χ1v) is 12.5. The van der Waals surface area contributed by atoms with Crippen LogP contribution in [0.4, 0.5) is 0 Å². The molecule has 9 heteroatoms. The molecular weight excluding hydrogens is 468 g/mol. The van der Waals surface area contributed by atoms with Crippen molar-refractivity contribution in [1.29, 1.82) is 5.26 Å². The summed E-state index contributed by atoms with van der Waals surface area (Å²) in [4.78, 5) is 38.6. The first-order valence-electron chi connectivity index (χ1n) is 12.1. The van der Waals surface area contributed by atoms with E-state index in [2.05, 4.69) is 22.0 Å². The van der Waals surface area contributed by atoms with E-state index in [0.29, 0.717) is 29.3 Å². The number of nitriles is 1. The van der Waals surface area contributed by atoms with Crippen molar-refractivity contribution in [3.8, 4) is 6.07 Å². The Morgan fingerprint density at radius 1 is 1.20 bits per heavy atom. The Hall–Kier alpha value is -2.63. The van der Waals surface area contributed by atoms with Crippen LogP contribution in [0.3, 0.4) is 0 Å². The minimum Gasteiger partial charge on any atom is -0.384 e. The quantitative estimate of drug-likeness (QED) is 0.390. The molecule has 1 aromatic rings. The van der Waals surface area contributed by atoms with Crippen LogP contribution in [-0.2, 0) is 20.0 Å². The highest BCUT2D eigenvalue weighted by Gasteiger charge is 2.48. The normalized spacial score (nSPS) is 23.4. The first-order chi connectivity index (χ1) is 16.3. The SMILES string of the molecule is CC1C[C@@H](C[C@@H](C#N)NC(=O)[C@H](CC2CC2)NC(=O)C(C)(C)C(C)(O)c2ccc(Cl)cc2)C(=O)N1. The van der Waals surface area contributed by atoms with Gasteiger partial charge in [0.25, 0.3) is 0 Å². The maximum absolute atomic E-state index is 13.4. The number of halogens is 1. The lowest BCUT2D eigenvalue weighted by atomic mass is 9.71. The van der Waals surface area contributed by atoms with Gasteiger partial charge >= 0.3 is 0 Å². The molecule has 3 amide bonds. The lowest BCUT2D eigenvalue weighted by Crippen LogP contribution is -2.56. The van der Waals surface area contributed by atoms with Crippen molar-refractivity contribution >= 4 is 29.3 Å². The zero-order valence-electron chi connectivity index (χ0n) is 20.7. The highest BCUT2D eigenvalue weighted by atomic mass is 35.5. The fourth-order valence-corrected chi connectivity index (χ4v) is 4.60. The van der Waals surface area contributed by atoms with Crippen LogP contribution in [0, 0.1) is 28.6 Å². The van der Waals surface area contributed by atoms with Crippen LogP contribution in [0.5, 0.6) is 0 Å². The number of amides is 3. The molecule has 5 atom stereocenters. The van der Waals surface area contributed by atoms with Crippen LogP contribution in [0.2, 0.25) is 5.02 Å². The number of carbonyl (C=O) groups excluding carboxylic acids is 3. The maximum Gasteiger partial charge on any atom is 0.243 e. The standard InChI is InChI=1S/C26H35ClN4O4/c1-15-11-17(22(32)29-15)13-20(14-28)30-23(33)21(12-16-5-6-16)31-24(34)25(2,3)26(4,35)18-7-9-19(27)10-8-18/h7-10,15-17,20-21,35H,5-6,11-13H2,1-4H3,(H,29,32)(H,30,33)(H,31,34)/t15?,17-,20-,21-,26?/m0/s1. The Bertz CT molecular complexity index is 998. The first kappa shape index (κ1) is 27.0. The molecule has 2 fully saturated rings. The minimum atomic E-state index is -1.54. The Labute approximate surface area is 211 Å². The van der Waals surface area contributed by atoms with Crippen molar-refractivity contribution in [2.45, 2.75) is 83.5 Å². The molecule has 0 spiro atoms. The molecule has 1 heterocycles. The predicted octanol–water partition coefficient (Wildman–Crippen LogP) is 2.78. The molecule has 1 saturated carbocycles. The molecular formula is C26H35ClN4O4. The summed E-state index contributed by atoms with van der Waals surface area (Å²) in [5, 5.41) is 29.8. The van der Waals surface area contributed by atoms with E-state index in [4.69, 9.17) is 11.6 Å². The van der Waals surface area contributed by atoms with Gasteiger partial charge in [-0.1, -0.05) is 36.6 Å². The van der Waals surface area contributed by atoms with E-state index in [9.17, 15) is 24.8 Å². The highest BCUT2D eigenvalue weighted by molar-refractivity contribution is 6.30. The molecule has 35 heavy (non-hydrogen) atoms. The average Bonchev–Trinajstić information content (AvgIpc) is 3.55. The van der Waals surface area contributed by atoms with E-state index in [1.54, 1.807) is 45.0 Å². The summed E-state index contributed by atoms with van der Waals surface area (Å²) in [5.74, 6) is -1.05. The van der Waals surface area contributed by atoms with Gasteiger partial charge < -0.3 is 21.1 Å². The van der Waals surface area contributed by atoms with Gasteiger partial charge in [-0.05, 0) is 70.6 Å². The number of nitrogens with zero attached hydrogens (tertiary/aromatic N) is 1. The van der Waals surface area contributed by atoms with E-state index >= 15 is 0 Å². The Morgan fingerprint density at radius 2 is 1.83 bits per heavy atom. The molecule has 190 valence electrons. The summed E-state index contributed by atoms with van der Waals surface area (Å²) in [6.45, 7) is 6.72. The van der Waals surface area contributed by atoms with Crippen LogP contribution in [-0.4, -0.2) is 41.0 Å². The van der Waals surface area contributed by atoms with Crippen molar-refractivity contribution in [3.63, 3.8) is 0 Å². The van der Waals surface area contributed by atoms with Gasteiger partial charge in [0, 0.05) is 17.0 Å². The molecule has 1 saturated heterocycles. The third kappa shape index (κ3) is 6.33. The summed E-state index contributed by atoms with van der Waals surface area (Å²) in [6, 6.07) is 7.07. The van der Waals surface area contributed by atoms with Gasteiger partial charge in [-0.2, -0.15) is 5.26 Å². The molecule has 3 rings (SSSR count). The van der Waals surface area contributed by atoms with Gasteiger partial charge in [-0.3, -0.25) is 14.4 Å². The zero-order valence-corrected chi connectivity index (χ0v) is 21.5. The van der Waals surface area contributed by atoms with E-state index in [0.717, 1.165) is 12.8 Å². The van der Waals surface area contributed by atoms with E-state index in [-0.39, 0.29) is 24.3 Å². The third-order valence-corrected chi connectivity index (χ3v) is 7.72. The monoisotopic (exact) mass is 502 g/mol. The molecule has 0 bridgehead atoms. The maximum atomic E-state index is 13.4. The fraction of sp³-hybridized carbons (Fsp3) is 0.615. The molecule has 2 unspecified atom stereocenters. The van der Waals surface area contributed by atoms with Gasteiger partial charge in [0.1, 0.15) is 17.7 Å². The second-order valence-electron chi connectivity index (χ2n) is 10.7. The van der Waals surface area contributed by atoms with E-state index < -0.39 is 34.9 Å². The van der Waals surface area contributed by atoms with Crippen LogP contribution in [0.1, 0.15) is 65.4 Å². The van der Waals surface area contributed by atoms with Crippen LogP contribution < -0.4 is 16.0 Å². The van der Waals surface area contributed by atoms with Crippen molar-refractivity contribution in [3.05, 3.63) is 34.9 Å². The van der Waals surface area contributed by atoms with Crippen molar-refractivity contribution in [2.75, 3.05) is 0 Å². The molecule has 1 aliphatic carbocycles. The van der Waals surface area contributed by atoms with Gasteiger partial charge in [0.05, 0.1) is 11.5 Å². The molecule has 1 aromatic carbocycles. The zero-order chi connectivity index (χ0) is 26.0. The number of aliphatic hydroxyl groups is 1. The summed E-state index contributed by atoms with van der Waals surface area (Å²) >= 11 is 5.97. The Morgan fingerprint density at radius 3 is 2.34 bits per heavy atom. The number of hydrogen-bond acceptors (Lipinski definition) is 5. The van der Waals surface area contributed by atoms with Crippen LogP contribution in [0.15, 0.2) is 24.3 Å². The molecule has 8 nitrogen and oxygen atoms in total. The average molecular weight is 503 g/mol. The summed E-state index contributed by atoms with van der Waals surface area (Å²) < 4.78 is 0. The summed E-state index contributed by atoms with van der Waals surface area (Å²) in [7, 11) is 0. The lowest BCUT2D eigenvalue weighted by Gasteiger charge is -2.40. The molecule has 4 N–H and O–H groups in total. The lowest BCUT2D eigenvalue weighted by molar-refractivity contribution is -0.148. The fourth-order valence-electron chi connectivity index (χ4n) is 4.47. The largest absolute Gasteiger partial charge is 0.384 e. The Kier molecular flexibility index (Phi) is 8.13. The van der Waals surface area contributed by atoms with E-state index in [1.807, 2.05) is 6.92 Å². The number of carbonyl (C=O) groups is 3. The number of rotatable bonds is 10. The molecule has 0 aromatic heterocycles. The third-order valence-electron chi connectivity index (χ3n) is 7.47. The number of nitrogens with one attached hydrogen (secondary N) is 3. The number of hydrogen-bond donors (Lipinski definition) is 4. The van der Waals surface area contributed by atoms with Crippen molar-refractivity contribution in [2.24, 2.45) is 17.3 Å². The van der Waals surface area contributed by atoms with Gasteiger partial charge in [0.15, 0.2) is 0 Å². The minimum absolute atomic E-state index is 0.0418. The second-order valence-corrected chi connectivity index (χ2v) is 11.1. The van der Waals surface area contributed by atoms with Gasteiger partial charge in [-0.15, -0.1) is 0 Å². The Balaban J connectivity index is 1.70. The van der Waals surface area contributed by atoms with Crippen molar-refractivity contribution < 1.29 is 19.5 Å². The second kappa shape index (κ2) is 10.5. The molecule has 2 aliphatic rings. The summed E-state index contributed by atoms with van der Waals surface area (Å²) in [5.41, 5.74) is -2.29. The number of benzene rings is 1. The molecule has 1 aliphatic heterocycles. The van der Waals surface area contributed by atoms with Crippen molar-refractivity contribution in [1.82, 2.24) is 16.0 Å². The highest BCUT2D eigenvalue weighted by Crippen LogP contribution is 2.40. The predicted molar refractivity (Wildman–Crippen MR) is 132 cm³/mol.